The van der Waals surface area contributed by atoms with E-state index in [2.05, 4.69) is 25.9 Å². The minimum absolute atomic E-state index is 0.0383. The average Bonchev–Trinajstić information content (AvgIpc) is 3.09. The number of carbonyl (C=O) groups is 1. The third-order valence-corrected chi connectivity index (χ3v) is 3.90. The Kier molecular flexibility index (Phi) is 3.42. The van der Waals surface area contributed by atoms with E-state index < -0.39 is 0 Å². The average molecular weight is 324 g/mol. The highest BCUT2D eigenvalue weighted by Gasteiger charge is 2.27. The standard InChI is InChI=1S/C13H14BrN3O2/c14-11-2-1-10(19-11)13(18)17-7-3-9(4-8-17)12-15-5-6-16-12/h1-2,5-6,9H,3-4,7-8H2,(H,15,16). The zero-order valence-corrected chi connectivity index (χ0v) is 11.9. The highest BCUT2D eigenvalue weighted by Crippen LogP contribution is 2.26. The van der Waals surface area contributed by atoms with Gasteiger partial charge in [0.25, 0.3) is 5.91 Å². The van der Waals surface area contributed by atoms with Gasteiger partial charge >= 0.3 is 0 Å². The van der Waals surface area contributed by atoms with Crippen molar-refractivity contribution < 1.29 is 9.21 Å². The van der Waals surface area contributed by atoms with Crippen LogP contribution in [0.2, 0.25) is 0 Å². The summed E-state index contributed by atoms with van der Waals surface area (Å²) < 4.78 is 5.89. The molecule has 3 heterocycles. The molecule has 3 rings (SSSR count). The van der Waals surface area contributed by atoms with E-state index in [9.17, 15) is 4.79 Å². The second kappa shape index (κ2) is 5.21. The van der Waals surface area contributed by atoms with E-state index >= 15 is 0 Å². The second-order valence-electron chi connectivity index (χ2n) is 4.64. The molecule has 6 heteroatoms. The quantitative estimate of drug-likeness (QED) is 0.924. The van der Waals surface area contributed by atoms with Crippen LogP contribution in [0.1, 0.15) is 35.1 Å². The normalized spacial score (nSPS) is 16.8. The summed E-state index contributed by atoms with van der Waals surface area (Å²) in [4.78, 5) is 21.5. The lowest BCUT2D eigenvalue weighted by Crippen LogP contribution is -2.37. The molecule has 1 saturated heterocycles. The first kappa shape index (κ1) is 12.5. The number of H-pyrrole nitrogens is 1. The number of nitrogens with one attached hydrogen (secondary N) is 1. The molecule has 1 aliphatic heterocycles. The molecular formula is C13H14BrN3O2. The Labute approximate surface area is 119 Å². The van der Waals surface area contributed by atoms with E-state index in [1.807, 2.05) is 11.1 Å². The molecule has 19 heavy (non-hydrogen) atoms. The van der Waals surface area contributed by atoms with E-state index in [0.717, 1.165) is 31.8 Å². The summed E-state index contributed by atoms with van der Waals surface area (Å²) in [5.41, 5.74) is 0. The monoisotopic (exact) mass is 323 g/mol. The Morgan fingerprint density at radius 3 is 2.79 bits per heavy atom. The number of rotatable bonds is 2. The largest absolute Gasteiger partial charge is 0.444 e. The molecule has 0 aliphatic carbocycles. The summed E-state index contributed by atoms with van der Waals surface area (Å²) in [6.07, 6.45) is 5.47. The molecule has 1 amide bonds. The van der Waals surface area contributed by atoms with Gasteiger partial charge in [0.15, 0.2) is 10.4 Å². The zero-order chi connectivity index (χ0) is 13.2. The van der Waals surface area contributed by atoms with Crippen LogP contribution in [0.4, 0.5) is 0 Å². The number of hydrogen-bond donors (Lipinski definition) is 1. The van der Waals surface area contributed by atoms with Crippen LogP contribution in [0.25, 0.3) is 0 Å². The Morgan fingerprint density at radius 2 is 2.21 bits per heavy atom. The van der Waals surface area contributed by atoms with Crippen LogP contribution in [-0.2, 0) is 0 Å². The van der Waals surface area contributed by atoms with Gasteiger partial charge in [-0.3, -0.25) is 4.79 Å². The van der Waals surface area contributed by atoms with Gasteiger partial charge in [0.2, 0.25) is 0 Å². The van der Waals surface area contributed by atoms with Gasteiger partial charge in [-0.15, -0.1) is 0 Å². The van der Waals surface area contributed by atoms with Gasteiger partial charge in [-0.2, -0.15) is 0 Å². The van der Waals surface area contributed by atoms with E-state index in [4.69, 9.17) is 4.42 Å². The Bertz CT molecular complexity index is 556. The fraction of sp³-hybridized carbons (Fsp3) is 0.385. The van der Waals surface area contributed by atoms with Gasteiger partial charge in [-0.25, -0.2) is 4.98 Å². The molecule has 1 aliphatic rings. The molecule has 2 aromatic rings. The first-order valence-corrected chi connectivity index (χ1v) is 7.07. The third-order valence-electron chi connectivity index (χ3n) is 3.47. The molecule has 0 atom stereocenters. The molecule has 2 aromatic heterocycles. The molecule has 0 aromatic carbocycles. The van der Waals surface area contributed by atoms with Gasteiger partial charge in [0, 0.05) is 31.4 Å². The predicted molar refractivity (Wildman–Crippen MR) is 72.9 cm³/mol. The predicted octanol–water partition coefficient (Wildman–Crippen LogP) is 2.79. The van der Waals surface area contributed by atoms with Crippen LogP contribution in [0.5, 0.6) is 0 Å². The number of piperidine rings is 1. The van der Waals surface area contributed by atoms with Crippen molar-refractivity contribution in [2.24, 2.45) is 0 Å². The number of nitrogens with zero attached hydrogens (tertiary/aromatic N) is 2. The minimum atomic E-state index is -0.0383. The van der Waals surface area contributed by atoms with Crippen molar-refractivity contribution in [3.05, 3.63) is 40.8 Å². The van der Waals surface area contributed by atoms with Gasteiger partial charge < -0.3 is 14.3 Å². The first-order valence-electron chi connectivity index (χ1n) is 6.28. The summed E-state index contributed by atoms with van der Waals surface area (Å²) in [6.45, 7) is 1.48. The second-order valence-corrected chi connectivity index (χ2v) is 5.43. The van der Waals surface area contributed by atoms with Crippen LogP contribution >= 0.6 is 15.9 Å². The minimum Gasteiger partial charge on any atom is -0.444 e. The number of aromatic nitrogens is 2. The van der Waals surface area contributed by atoms with Gasteiger partial charge in [-0.05, 0) is 40.9 Å². The molecule has 0 radical (unpaired) electrons. The van der Waals surface area contributed by atoms with E-state index in [1.54, 1.807) is 18.3 Å². The van der Waals surface area contributed by atoms with Gasteiger partial charge in [0.05, 0.1) is 0 Å². The molecule has 0 spiro atoms. The maximum Gasteiger partial charge on any atom is 0.289 e. The number of amides is 1. The van der Waals surface area contributed by atoms with Crippen molar-refractivity contribution in [1.82, 2.24) is 14.9 Å². The fourth-order valence-electron chi connectivity index (χ4n) is 2.44. The van der Waals surface area contributed by atoms with Crippen LogP contribution in [0.15, 0.2) is 33.6 Å². The van der Waals surface area contributed by atoms with Crippen molar-refractivity contribution in [3.63, 3.8) is 0 Å². The van der Waals surface area contributed by atoms with E-state index in [1.165, 1.54) is 0 Å². The number of carbonyl (C=O) groups excluding carboxylic acids is 1. The van der Waals surface area contributed by atoms with Gasteiger partial charge in [0.1, 0.15) is 5.82 Å². The topological polar surface area (TPSA) is 62.1 Å². The van der Waals surface area contributed by atoms with Crippen molar-refractivity contribution in [2.75, 3.05) is 13.1 Å². The summed E-state index contributed by atoms with van der Waals surface area (Å²) in [7, 11) is 0. The first-order chi connectivity index (χ1) is 9.24. The van der Waals surface area contributed by atoms with Crippen molar-refractivity contribution >= 4 is 21.8 Å². The SMILES string of the molecule is O=C(c1ccc(Br)o1)N1CCC(c2ncc[nH]2)CC1. The Hall–Kier alpha value is -1.56. The smallest absolute Gasteiger partial charge is 0.289 e. The molecule has 1 fully saturated rings. The number of imidazole rings is 1. The van der Waals surface area contributed by atoms with Crippen LogP contribution < -0.4 is 0 Å². The number of furan rings is 1. The zero-order valence-electron chi connectivity index (χ0n) is 10.3. The maximum absolute atomic E-state index is 12.2. The molecule has 0 unspecified atom stereocenters. The lowest BCUT2D eigenvalue weighted by Gasteiger charge is -2.30. The highest BCUT2D eigenvalue weighted by molar-refractivity contribution is 9.10. The van der Waals surface area contributed by atoms with Crippen LogP contribution in [-0.4, -0.2) is 33.9 Å². The lowest BCUT2D eigenvalue weighted by atomic mass is 9.96. The van der Waals surface area contributed by atoms with Crippen molar-refractivity contribution in [1.29, 1.82) is 0 Å². The highest BCUT2D eigenvalue weighted by atomic mass is 79.9. The summed E-state index contributed by atoms with van der Waals surface area (Å²) >= 11 is 3.21. The maximum atomic E-state index is 12.2. The van der Waals surface area contributed by atoms with Crippen LogP contribution in [0.3, 0.4) is 0 Å². The third kappa shape index (κ3) is 2.58. The summed E-state index contributed by atoms with van der Waals surface area (Å²) in [6, 6.07) is 3.44. The molecule has 5 nitrogen and oxygen atoms in total. The molecule has 0 saturated carbocycles. The lowest BCUT2D eigenvalue weighted by molar-refractivity contribution is 0.0677. The Balaban J connectivity index is 1.62. The van der Waals surface area contributed by atoms with E-state index in [0.29, 0.717) is 16.3 Å². The molecule has 1 N–H and O–H groups in total. The van der Waals surface area contributed by atoms with Gasteiger partial charge in [-0.1, -0.05) is 0 Å². The van der Waals surface area contributed by atoms with Crippen molar-refractivity contribution in [2.45, 2.75) is 18.8 Å². The van der Waals surface area contributed by atoms with E-state index in [-0.39, 0.29) is 5.91 Å². The summed E-state index contributed by atoms with van der Waals surface area (Å²) in [5, 5.41) is 0. The fourth-order valence-corrected chi connectivity index (χ4v) is 2.75. The number of hydrogen-bond acceptors (Lipinski definition) is 3. The molecule has 0 bridgehead atoms. The Morgan fingerprint density at radius 1 is 1.42 bits per heavy atom. The molecular weight excluding hydrogens is 310 g/mol. The molecule has 100 valence electrons. The summed E-state index contributed by atoms with van der Waals surface area (Å²) in [5.74, 6) is 1.79. The van der Waals surface area contributed by atoms with Crippen molar-refractivity contribution in [3.8, 4) is 0 Å². The van der Waals surface area contributed by atoms with Crippen LogP contribution in [0, 0.1) is 0 Å². The number of likely N-dealkylation sites (tertiary alicyclic amines) is 1. The number of aromatic amines is 1. The number of halogens is 1.